The smallest absolute Gasteiger partial charge is 0.274 e. The fourth-order valence-electron chi connectivity index (χ4n) is 3.98. The van der Waals surface area contributed by atoms with E-state index in [9.17, 15) is 4.79 Å². The molecule has 0 saturated carbocycles. The Morgan fingerprint density at radius 2 is 2.09 bits per heavy atom. The fourth-order valence-corrected chi connectivity index (χ4v) is 3.98. The van der Waals surface area contributed by atoms with Crippen molar-refractivity contribution < 1.29 is 14.1 Å². The molecule has 0 bridgehead atoms. The van der Waals surface area contributed by atoms with E-state index in [0.717, 1.165) is 69.4 Å². The molecule has 1 spiro atoms. The lowest BCUT2D eigenvalue weighted by molar-refractivity contribution is -0.0194. The zero-order chi connectivity index (χ0) is 15.0. The van der Waals surface area contributed by atoms with Gasteiger partial charge in [0.05, 0.1) is 18.2 Å². The van der Waals surface area contributed by atoms with E-state index in [1.165, 1.54) is 0 Å². The number of aryl methyl sites for hydroxylation is 1. The second kappa shape index (κ2) is 5.66. The zero-order valence-electron chi connectivity index (χ0n) is 12.8. The number of amides is 1. The van der Waals surface area contributed by atoms with Crippen molar-refractivity contribution in [2.75, 3.05) is 19.7 Å². The molecule has 6 heteroatoms. The molecule has 1 atom stereocenters. The van der Waals surface area contributed by atoms with Crippen LogP contribution in [0.4, 0.5) is 0 Å². The molecule has 1 unspecified atom stereocenters. The van der Waals surface area contributed by atoms with Crippen LogP contribution in [0, 0.1) is 0 Å². The van der Waals surface area contributed by atoms with E-state index in [-0.39, 0.29) is 17.6 Å². The minimum Gasteiger partial charge on any atom is -0.373 e. The summed E-state index contributed by atoms with van der Waals surface area (Å²) < 4.78 is 11.4. The quantitative estimate of drug-likeness (QED) is 0.858. The third-order valence-corrected chi connectivity index (χ3v) is 5.22. The maximum Gasteiger partial charge on any atom is 0.274 e. The lowest BCUT2D eigenvalue weighted by Gasteiger charge is -2.32. The Balaban J connectivity index is 1.41. The van der Waals surface area contributed by atoms with Crippen LogP contribution in [0.5, 0.6) is 0 Å². The average molecular weight is 305 g/mol. The molecule has 3 heterocycles. The summed E-state index contributed by atoms with van der Waals surface area (Å²) in [5, 5.41) is 10.5. The lowest BCUT2D eigenvalue weighted by Crippen LogP contribution is -2.43. The molecule has 2 N–H and O–H groups in total. The van der Waals surface area contributed by atoms with Gasteiger partial charge in [-0.3, -0.25) is 4.79 Å². The number of hydrogen-bond donors (Lipinski definition) is 2. The van der Waals surface area contributed by atoms with Crippen LogP contribution >= 0.6 is 0 Å². The van der Waals surface area contributed by atoms with Gasteiger partial charge in [0.25, 0.3) is 5.91 Å². The summed E-state index contributed by atoms with van der Waals surface area (Å²) in [4.78, 5) is 12.5. The van der Waals surface area contributed by atoms with Gasteiger partial charge in [-0.25, -0.2) is 0 Å². The number of piperidine rings is 1. The number of ether oxygens (including phenoxy) is 1. The molecule has 4 rings (SSSR count). The topological polar surface area (TPSA) is 76.4 Å². The fraction of sp³-hybridized carbons (Fsp3) is 0.750. The van der Waals surface area contributed by atoms with Gasteiger partial charge in [-0.2, -0.15) is 0 Å². The molecule has 6 nitrogen and oxygen atoms in total. The van der Waals surface area contributed by atoms with Crippen LogP contribution in [0.15, 0.2) is 4.52 Å². The molecule has 2 saturated heterocycles. The highest BCUT2D eigenvalue weighted by Crippen LogP contribution is 2.34. The van der Waals surface area contributed by atoms with Crippen LogP contribution in [0.25, 0.3) is 0 Å². The first-order valence-electron chi connectivity index (χ1n) is 8.39. The Morgan fingerprint density at radius 3 is 2.95 bits per heavy atom. The van der Waals surface area contributed by atoms with Gasteiger partial charge >= 0.3 is 0 Å². The summed E-state index contributed by atoms with van der Waals surface area (Å²) in [5.41, 5.74) is 1.46. The van der Waals surface area contributed by atoms with Gasteiger partial charge in [-0.15, -0.1) is 0 Å². The van der Waals surface area contributed by atoms with Crippen LogP contribution in [0.3, 0.4) is 0 Å². The van der Waals surface area contributed by atoms with Crippen molar-refractivity contribution in [2.45, 2.75) is 56.6 Å². The van der Waals surface area contributed by atoms with E-state index in [4.69, 9.17) is 9.26 Å². The molecule has 2 aliphatic heterocycles. The first kappa shape index (κ1) is 14.2. The Morgan fingerprint density at radius 1 is 1.27 bits per heavy atom. The molecule has 1 amide bonds. The maximum absolute atomic E-state index is 12.5. The Bertz CT molecular complexity index is 563. The molecule has 1 aromatic heterocycles. The van der Waals surface area contributed by atoms with Crippen molar-refractivity contribution >= 4 is 5.91 Å². The van der Waals surface area contributed by atoms with Crippen LogP contribution in [-0.2, 0) is 17.6 Å². The minimum absolute atomic E-state index is 0.0353. The van der Waals surface area contributed by atoms with Gasteiger partial charge in [-0.05, 0) is 51.6 Å². The second-order valence-electron chi connectivity index (χ2n) is 6.76. The van der Waals surface area contributed by atoms with Crippen molar-refractivity contribution in [3.63, 3.8) is 0 Å². The Hall–Kier alpha value is -1.40. The maximum atomic E-state index is 12.5. The molecule has 3 aliphatic rings. The SMILES string of the molecule is O=C(NC1COC2(CCNCC2)C1)c1noc2c1CCCC2. The van der Waals surface area contributed by atoms with E-state index < -0.39 is 0 Å². The summed E-state index contributed by atoms with van der Waals surface area (Å²) in [7, 11) is 0. The van der Waals surface area contributed by atoms with E-state index in [2.05, 4.69) is 15.8 Å². The normalized spacial score (nSPS) is 26.8. The number of hydrogen-bond acceptors (Lipinski definition) is 5. The lowest BCUT2D eigenvalue weighted by atomic mass is 9.88. The molecule has 1 aromatic rings. The predicted octanol–water partition coefficient (Wildman–Crippen LogP) is 1.19. The molecule has 1 aliphatic carbocycles. The van der Waals surface area contributed by atoms with Crippen LogP contribution in [0.1, 0.15) is 53.9 Å². The minimum atomic E-state index is -0.105. The van der Waals surface area contributed by atoms with Crippen LogP contribution in [0.2, 0.25) is 0 Å². The van der Waals surface area contributed by atoms with Crippen molar-refractivity contribution in [1.82, 2.24) is 15.8 Å². The molecule has 22 heavy (non-hydrogen) atoms. The third-order valence-electron chi connectivity index (χ3n) is 5.22. The summed E-state index contributed by atoms with van der Waals surface area (Å²) in [6.45, 7) is 2.60. The van der Waals surface area contributed by atoms with Crippen molar-refractivity contribution in [3.05, 3.63) is 17.0 Å². The standard InChI is InChI=1S/C16H23N3O3/c20-15(14-12-3-1-2-4-13(12)22-19-14)18-11-9-16(21-10-11)5-7-17-8-6-16/h11,17H,1-10H2,(H,18,20). The summed E-state index contributed by atoms with van der Waals surface area (Å²) in [6.07, 6.45) is 6.99. The van der Waals surface area contributed by atoms with Gasteiger partial charge < -0.3 is 19.9 Å². The monoisotopic (exact) mass is 305 g/mol. The van der Waals surface area contributed by atoms with Gasteiger partial charge in [0.15, 0.2) is 5.69 Å². The van der Waals surface area contributed by atoms with E-state index in [1.807, 2.05) is 0 Å². The summed E-state index contributed by atoms with van der Waals surface area (Å²) in [6, 6.07) is 0.0848. The molecular formula is C16H23N3O3. The second-order valence-corrected chi connectivity index (χ2v) is 6.76. The number of rotatable bonds is 2. The predicted molar refractivity (Wildman–Crippen MR) is 79.8 cm³/mol. The number of fused-ring (bicyclic) bond motifs is 1. The number of carbonyl (C=O) groups excluding carboxylic acids is 1. The molecule has 0 aromatic carbocycles. The van der Waals surface area contributed by atoms with Crippen LogP contribution in [-0.4, -0.2) is 42.4 Å². The third kappa shape index (κ3) is 2.54. The van der Waals surface area contributed by atoms with Crippen molar-refractivity contribution in [3.8, 4) is 0 Å². The highest BCUT2D eigenvalue weighted by molar-refractivity contribution is 5.94. The first-order chi connectivity index (χ1) is 10.8. The first-order valence-corrected chi connectivity index (χ1v) is 8.39. The number of aromatic nitrogens is 1. The zero-order valence-corrected chi connectivity index (χ0v) is 12.8. The molecular weight excluding hydrogens is 282 g/mol. The van der Waals surface area contributed by atoms with Gasteiger partial charge in [-0.1, -0.05) is 5.16 Å². The Kier molecular flexibility index (Phi) is 3.66. The molecule has 2 fully saturated rings. The average Bonchev–Trinajstić information content (AvgIpc) is 3.13. The molecule has 0 radical (unpaired) electrons. The largest absolute Gasteiger partial charge is 0.373 e. The number of nitrogens with zero attached hydrogens (tertiary/aromatic N) is 1. The van der Waals surface area contributed by atoms with Gasteiger partial charge in [0.1, 0.15) is 5.76 Å². The van der Waals surface area contributed by atoms with E-state index in [1.54, 1.807) is 0 Å². The number of nitrogens with one attached hydrogen (secondary N) is 2. The van der Waals surface area contributed by atoms with E-state index in [0.29, 0.717) is 12.3 Å². The van der Waals surface area contributed by atoms with Crippen LogP contribution < -0.4 is 10.6 Å². The highest BCUT2D eigenvalue weighted by atomic mass is 16.5. The number of carbonyl (C=O) groups is 1. The molecule has 120 valence electrons. The van der Waals surface area contributed by atoms with Crippen molar-refractivity contribution in [2.24, 2.45) is 0 Å². The van der Waals surface area contributed by atoms with Gasteiger partial charge in [0.2, 0.25) is 0 Å². The van der Waals surface area contributed by atoms with Gasteiger partial charge in [0, 0.05) is 12.0 Å². The highest BCUT2D eigenvalue weighted by Gasteiger charge is 2.42. The Labute approximate surface area is 129 Å². The van der Waals surface area contributed by atoms with E-state index >= 15 is 0 Å². The van der Waals surface area contributed by atoms with Crippen molar-refractivity contribution in [1.29, 1.82) is 0 Å². The summed E-state index contributed by atoms with van der Waals surface area (Å²) >= 11 is 0. The summed E-state index contributed by atoms with van der Waals surface area (Å²) in [5.74, 6) is 0.792.